The summed E-state index contributed by atoms with van der Waals surface area (Å²) in [5.41, 5.74) is 0.0807. The number of halogens is 3. The van der Waals surface area contributed by atoms with Crippen molar-refractivity contribution in [1.29, 1.82) is 0 Å². The van der Waals surface area contributed by atoms with E-state index in [4.69, 9.17) is 11.6 Å². The van der Waals surface area contributed by atoms with Crippen LogP contribution in [0.15, 0.2) is 12.1 Å². The number of hydrogen-bond donors (Lipinski definition) is 1. The van der Waals surface area contributed by atoms with Crippen molar-refractivity contribution in [3.63, 3.8) is 0 Å². The highest BCUT2D eigenvalue weighted by molar-refractivity contribution is 7.14. The minimum atomic E-state index is -0.670. The number of nitrogens with one attached hydrogen (secondary N) is 1. The van der Waals surface area contributed by atoms with Gasteiger partial charge in [0, 0.05) is 6.54 Å². The van der Waals surface area contributed by atoms with Gasteiger partial charge in [-0.3, -0.25) is 0 Å². The molecule has 0 aliphatic carbocycles. The van der Waals surface area contributed by atoms with Crippen LogP contribution in [0.5, 0.6) is 0 Å². The molecule has 1 aromatic carbocycles. The van der Waals surface area contributed by atoms with Crippen LogP contribution in [0.25, 0.3) is 10.6 Å². The topological polar surface area (TPSA) is 37.8 Å². The summed E-state index contributed by atoms with van der Waals surface area (Å²) in [7, 11) is 0. The Morgan fingerprint density at radius 2 is 2.06 bits per heavy atom. The number of nitrogens with zero attached hydrogens (tertiary/aromatic N) is 2. The Morgan fingerprint density at radius 3 is 2.78 bits per heavy atom. The highest BCUT2D eigenvalue weighted by atomic mass is 35.5. The first-order valence-electron chi connectivity index (χ1n) is 5.29. The van der Waals surface area contributed by atoms with E-state index in [2.05, 4.69) is 15.5 Å². The van der Waals surface area contributed by atoms with Crippen LogP contribution in [0.3, 0.4) is 0 Å². The quantitative estimate of drug-likeness (QED) is 0.878. The molecule has 0 bridgehead atoms. The first-order valence-corrected chi connectivity index (χ1v) is 6.49. The molecule has 0 saturated carbocycles. The van der Waals surface area contributed by atoms with Crippen LogP contribution in [-0.4, -0.2) is 16.7 Å². The summed E-state index contributed by atoms with van der Waals surface area (Å²) in [6.45, 7) is 3.33. The monoisotopic (exact) mass is 289 g/mol. The van der Waals surface area contributed by atoms with E-state index >= 15 is 0 Å². The van der Waals surface area contributed by atoms with Gasteiger partial charge in [0.25, 0.3) is 0 Å². The van der Waals surface area contributed by atoms with Crippen LogP contribution in [0.2, 0.25) is 5.02 Å². The minimum absolute atomic E-state index is 0.0807. The SMILES string of the molecule is CCNCc1nnc(-c2cc(F)c(Cl)cc2F)s1. The van der Waals surface area contributed by atoms with Crippen LogP contribution in [0, 0.1) is 11.6 Å². The molecule has 1 N–H and O–H groups in total. The average molecular weight is 290 g/mol. The lowest BCUT2D eigenvalue weighted by atomic mass is 10.2. The Labute approximate surface area is 112 Å². The molecular formula is C11H10ClF2N3S. The molecule has 18 heavy (non-hydrogen) atoms. The van der Waals surface area contributed by atoms with Gasteiger partial charge in [-0.15, -0.1) is 10.2 Å². The molecule has 0 saturated heterocycles. The zero-order chi connectivity index (χ0) is 13.1. The van der Waals surface area contributed by atoms with E-state index in [9.17, 15) is 8.78 Å². The summed E-state index contributed by atoms with van der Waals surface area (Å²) in [5.74, 6) is -1.27. The highest BCUT2D eigenvalue weighted by Gasteiger charge is 2.14. The molecular weight excluding hydrogens is 280 g/mol. The second-order valence-electron chi connectivity index (χ2n) is 3.53. The molecule has 0 aliphatic heterocycles. The fourth-order valence-corrected chi connectivity index (χ4v) is 2.33. The maximum atomic E-state index is 13.6. The van der Waals surface area contributed by atoms with Crippen molar-refractivity contribution < 1.29 is 8.78 Å². The van der Waals surface area contributed by atoms with E-state index in [0.717, 1.165) is 23.7 Å². The second kappa shape index (κ2) is 5.69. The molecule has 0 amide bonds. The summed E-state index contributed by atoms with van der Waals surface area (Å²) in [6, 6.07) is 1.98. The van der Waals surface area contributed by atoms with Crippen LogP contribution < -0.4 is 5.32 Å². The van der Waals surface area contributed by atoms with Gasteiger partial charge >= 0.3 is 0 Å². The molecule has 96 valence electrons. The third-order valence-electron chi connectivity index (χ3n) is 2.23. The smallest absolute Gasteiger partial charge is 0.150 e. The van der Waals surface area contributed by atoms with Crippen molar-refractivity contribution in [3.8, 4) is 10.6 Å². The van der Waals surface area contributed by atoms with E-state index in [0.29, 0.717) is 11.6 Å². The van der Waals surface area contributed by atoms with Gasteiger partial charge in [-0.1, -0.05) is 29.9 Å². The first-order chi connectivity index (χ1) is 8.61. The van der Waals surface area contributed by atoms with Gasteiger partial charge in [0.05, 0.1) is 10.6 Å². The van der Waals surface area contributed by atoms with Gasteiger partial charge in [0.2, 0.25) is 0 Å². The van der Waals surface area contributed by atoms with Gasteiger partial charge in [0.1, 0.15) is 16.6 Å². The van der Waals surface area contributed by atoms with E-state index < -0.39 is 11.6 Å². The number of aromatic nitrogens is 2. The largest absolute Gasteiger partial charge is 0.311 e. The summed E-state index contributed by atoms with van der Waals surface area (Å²) in [6.07, 6.45) is 0. The highest BCUT2D eigenvalue weighted by Crippen LogP contribution is 2.29. The summed E-state index contributed by atoms with van der Waals surface area (Å²) >= 11 is 6.71. The zero-order valence-corrected chi connectivity index (χ0v) is 11.1. The van der Waals surface area contributed by atoms with E-state index in [1.54, 1.807) is 0 Å². The minimum Gasteiger partial charge on any atom is -0.311 e. The normalized spacial score (nSPS) is 10.9. The zero-order valence-electron chi connectivity index (χ0n) is 9.51. The molecule has 0 atom stereocenters. The van der Waals surface area contributed by atoms with E-state index in [1.807, 2.05) is 6.92 Å². The molecule has 3 nitrogen and oxygen atoms in total. The standard InChI is InChI=1S/C11H10ClF2N3S/c1-2-15-5-10-16-17-11(18-10)6-3-9(14)7(12)4-8(6)13/h3-4,15H,2,5H2,1H3. The summed E-state index contributed by atoms with van der Waals surface area (Å²) < 4.78 is 26.9. The van der Waals surface area contributed by atoms with Crippen LogP contribution >= 0.6 is 22.9 Å². The van der Waals surface area contributed by atoms with Crippen LogP contribution in [0.1, 0.15) is 11.9 Å². The third kappa shape index (κ3) is 2.82. The number of rotatable bonds is 4. The fraction of sp³-hybridized carbons (Fsp3) is 0.273. The molecule has 0 fully saturated rings. The summed E-state index contributed by atoms with van der Waals surface area (Å²) in [5, 5.41) is 11.7. The molecule has 2 rings (SSSR count). The van der Waals surface area contributed by atoms with Crippen LogP contribution in [0.4, 0.5) is 8.78 Å². The average Bonchev–Trinajstić information content (AvgIpc) is 2.79. The third-order valence-corrected chi connectivity index (χ3v) is 3.48. The molecule has 2 aromatic rings. The van der Waals surface area contributed by atoms with Gasteiger partial charge in [-0.2, -0.15) is 0 Å². The molecule has 0 radical (unpaired) electrons. The molecule has 0 aliphatic rings. The Hall–Kier alpha value is -1.11. The Bertz CT molecular complexity index is 559. The van der Waals surface area contributed by atoms with Crippen molar-refractivity contribution in [2.24, 2.45) is 0 Å². The lowest BCUT2D eigenvalue weighted by molar-refractivity contribution is 0.603. The predicted molar refractivity (Wildman–Crippen MR) is 67.7 cm³/mol. The summed E-state index contributed by atoms with van der Waals surface area (Å²) in [4.78, 5) is 0. The van der Waals surface area contributed by atoms with Crippen molar-refractivity contribution in [1.82, 2.24) is 15.5 Å². The Kier molecular flexibility index (Phi) is 4.21. The van der Waals surface area contributed by atoms with Gasteiger partial charge in [-0.05, 0) is 18.7 Å². The predicted octanol–water partition coefficient (Wildman–Crippen LogP) is 3.25. The lowest BCUT2D eigenvalue weighted by Gasteiger charge is -2.00. The Balaban J connectivity index is 2.31. The number of benzene rings is 1. The van der Waals surface area contributed by atoms with Gasteiger partial charge < -0.3 is 5.32 Å². The van der Waals surface area contributed by atoms with Crippen molar-refractivity contribution in [2.75, 3.05) is 6.54 Å². The van der Waals surface area contributed by atoms with Gasteiger partial charge in [-0.25, -0.2) is 8.78 Å². The molecule has 1 aromatic heterocycles. The van der Waals surface area contributed by atoms with E-state index in [1.165, 1.54) is 11.3 Å². The second-order valence-corrected chi connectivity index (χ2v) is 5.00. The van der Waals surface area contributed by atoms with Crippen molar-refractivity contribution in [3.05, 3.63) is 33.8 Å². The lowest BCUT2D eigenvalue weighted by Crippen LogP contribution is -2.11. The first kappa shape index (κ1) is 13.3. The van der Waals surface area contributed by atoms with Crippen molar-refractivity contribution in [2.45, 2.75) is 13.5 Å². The molecule has 1 heterocycles. The Morgan fingerprint density at radius 1 is 1.28 bits per heavy atom. The number of hydrogen-bond acceptors (Lipinski definition) is 4. The molecule has 0 spiro atoms. The fourth-order valence-electron chi connectivity index (χ4n) is 1.35. The van der Waals surface area contributed by atoms with Crippen molar-refractivity contribution >= 4 is 22.9 Å². The maximum absolute atomic E-state index is 13.6. The van der Waals surface area contributed by atoms with Crippen LogP contribution in [-0.2, 0) is 6.54 Å². The van der Waals surface area contributed by atoms with Gasteiger partial charge in [0.15, 0.2) is 5.01 Å². The molecule has 7 heteroatoms. The molecule has 0 unspecified atom stereocenters. The van der Waals surface area contributed by atoms with E-state index in [-0.39, 0.29) is 10.6 Å². The maximum Gasteiger partial charge on any atom is 0.150 e.